The summed E-state index contributed by atoms with van der Waals surface area (Å²) >= 11 is 6.27. The van der Waals surface area contributed by atoms with Gasteiger partial charge in [-0.25, -0.2) is 13.6 Å². The van der Waals surface area contributed by atoms with Crippen molar-refractivity contribution in [3.05, 3.63) is 65.2 Å². The lowest BCUT2D eigenvalue weighted by Crippen LogP contribution is -2.51. The fourth-order valence-corrected chi connectivity index (χ4v) is 6.19. The fraction of sp³-hybridized carbons (Fsp3) is 0.440. The maximum atomic E-state index is 12.1. The number of halogens is 1. The fourth-order valence-electron chi connectivity index (χ4n) is 5.47. The van der Waals surface area contributed by atoms with E-state index in [1.54, 1.807) is 18.2 Å². The summed E-state index contributed by atoms with van der Waals surface area (Å²) in [5, 5.41) is 16.5. The molecular formula is C25H29ClN2O5S. The highest BCUT2D eigenvalue weighted by atomic mass is 35.5. The number of fused-ring (bicyclic) bond motifs is 3. The lowest BCUT2D eigenvalue weighted by atomic mass is 9.70. The Morgan fingerprint density at radius 2 is 2.12 bits per heavy atom. The summed E-state index contributed by atoms with van der Waals surface area (Å²) in [4.78, 5) is 2.16. The van der Waals surface area contributed by atoms with E-state index in [2.05, 4.69) is 11.5 Å². The average molecular weight is 505 g/mol. The van der Waals surface area contributed by atoms with Crippen molar-refractivity contribution in [3.8, 4) is 5.75 Å². The SMILES string of the molecule is C=CC(O)[C@@H]1CC[C@H]1CN1C[C@]2(COc3ccc(S(N)(=O)=O)cc31)OCCc1cc(Cl)ccc12. The van der Waals surface area contributed by atoms with E-state index in [1.807, 2.05) is 18.2 Å². The van der Waals surface area contributed by atoms with Crippen molar-refractivity contribution in [1.29, 1.82) is 0 Å². The lowest BCUT2D eigenvalue weighted by molar-refractivity contribution is -0.0794. The van der Waals surface area contributed by atoms with E-state index >= 15 is 0 Å². The predicted octanol–water partition coefficient (Wildman–Crippen LogP) is 3.23. The van der Waals surface area contributed by atoms with Gasteiger partial charge in [-0.05, 0) is 72.6 Å². The molecule has 0 saturated heterocycles. The Bertz CT molecular complexity index is 1220. The second kappa shape index (κ2) is 8.84. The second-order valence-corrected chi connectivity index (χ2v) is 11.5. The first-order chi connectivity index (χ1) is 16.2. The number of hydrogen-bond acceptors (Lipinski definition) is 6. The molecule has 1 aliphatic carbocycles. The predicted molar refractivity (Wildman–Crippen MR) is 131 cm³/mol. The molecular weight excluding hydrogens is 476 g/mol. The van der Waals surface area contributed by atoms with Crippen LogP contribution in [0.5, 0.6) is 5.75 Å². The highest BCUT2D eigenvalue weighted by Gasteiger charge is 2.45. The van der Waals surface area contributed by atoms with Crippen molar-refractivity contribution in [2.24, 2.45) is 17.0 Å². The number of ether oxygens (including phenoxy) is 2. The van der Waals surface area contributed by atoms with Gasteiger partial charge in [0.15, 0.2) is 0 Å². The minimum Gasteiger partial charge on any atom is -0.488 e. The quantitative estimate of drug-likeness (QED) is 0.606. The van der Waals surface area contributed by atoms with Crippen LogP contribution in [0.4, 0.5) is 5.69 Å². The van der Waals surface area contributed by atoms with E-state index in [0.29, 0.717) is 36.2 Å². The number of aliphatic hydroxyl groups excluding tert-OH is 1. The second-order valence-electron chi connectivity index (χ2n) is 9.47. The molecule has 2 aromatic carbocycles. The van der Waals surface area contributed by atoms with Crippen LogP contribution < -0.4 is 14.8 Å². The van der Waals surface area contributed by atoms with Gasteiger partial charge in [-0.1, -0.05) is 23.7 Å². The molecule has 0 bridgehead atoms. The number of benzene rings is 2. The number of nitrogens with two attached hydrogens (primary N) is 1. The van der Waals surface area contributed by atoms with Crippen molar-refractivity contribution in [1.82, 2.24) is 0 Å². The molecule has 0 aromatic heterocycles. The molecule has 182 valence electrons. The zero-order valence-corrected chi connectivity index (χ0v) is 20.4. The maximum Gasteiger partial charge on any atom is 0.238 e. The molecule has 0 radical (unpaired) electrons. The number of hydrogen-bond donors (Lipinski definition) is 2. The standard InChI is InChI=1S/C25H29ClN2O5S/c1-2-23(29)20-6-3-17(20)13-28-14-25(21-7-4-18(26)11-16(21)9-10-33-25)15-32-24-8-5-19(12-22(24)28)34(27,30)31/h2,4-5,7-8,11-12,17,20,23,29H,1,3,6,9-10,13-15H2,(H2,27,30,31)/t17-,20+,23?,25+/m0/s1. The molecule has 5 rings (SSSR count). The van der Waals surface area contributed by atoms with Gasteiger partial charge in [0.25, 0.3) is 0 Å². The minimum atomic E-state index is -3.89. The maximum absolute atomic E-state index is 12.1. The molecule has 9 heteroatoms. The molecule has 1 spiro atoms. The molecule has 2 heterocycles. The topological polar surface area (TPSA) is 102 Å². The minimum absolute atomic E-state index is 0.0313. The van der Waals surface area contributed by atoms with Crippen LogP contribution in [0, 0.1) is 11.8 Å². The number of anilines is 1. The van der Waals surface area contributed by atoms with Gasteiger partial charge in [0, 0.05) is 11.6 Å². The van der Waals surface area contributed by atoms with Crippen LogP contribution in [-0.2, 0) is 26.8 Å². The van der Waals surface area contributed by atoms with Crippen molar-refractivity contribution in [2.45, 2.75) is 35.9 Å². The Hall–Kier alpha value is -2.10. The molecule has 1 unspecified atom stereocenters. The summed E-state index contributed by atoms with van der Waals surface area (Å²) < 4.78 is 36.9. The third kappa shape index (κ3) is 4.22. The van der Waals surface area contributed by atoms with Crippen LogP contribution >= 0.6 is 11.6 Å². The first kappa shape index (κ1) is 23.6. The summed E-state index contributed by atoms with van der Waals surface area (Å²) in [7, 11) is -3.89. The van der Waals surface area contributed by atoms with Crippen LogP contribution in [0.2, 0.25) is 5.02 Å². The molecule has 1 fully saturated rings. The summed E-state index contributed by atoms with van der Waals surface area (Å²) in [6.45, 7) is 5.64. The van der Waals surface area contributed by atoms with E-state index < -0.39 is 21.7 Å². The number of rotatable bonds is 5. The van der Waals surface area contributed by atoms with Gasteiger partial charge >= 0.3 is 0 Å². The molecule has 1 saturated carbocycles. The molecule has 4 atom stereocenters. The molecule has 0 amide bonds. The third-order valence-corrected chi connectivity index (χ3v) is 8.57. The molecule has 3 aliphatic rings. The van der Waals surface area contributed by atoms with Gasteiger partial charge in [-0.15, -0.1) is 6.58 Å². The van der Waals surface area contributed by atoms with Crippen LogP contribution in [0.3, 0.4) is 0 Å². The van der Waals surface area contributed by atoms with Gasteiger partial charge in [0.1, 0.15) is 18.0 Å². The van der Waals surface area contributed by atoms with E-state index in [9.17, 15) is 13.5 Å². The third-order valence-electron chi connectivity index (χ3n) is 7.43. The zero-order chi connectivity index (χ0) is 24.1. The van der Waals surface area contributed by atoms with Gasteiger partial charge in [0.05, 0.1) is 29.8 Å². The van der Waals surface area contributed by atoms with E-state index in [1.165, 1.54) is 6.07 Å². The molecule has 34 heavy (non-hydrogen) atoms. The van der Waals surface area contributed by atoms with Crippen LogP contribution in [-0.4, -0.2) is 45.9 Å². The van der Waals surface area contributed by atoms with Crippen LogP contribution in [0.1, 0.15) is 24.0 Å². The molecule has 2 aromatic rings. The average Bonchev–Trinajstić information content (AvgIpc) is 2.93. The van der Waals surface area contributed by atoms with E-state index in [0.717, 1.165) is 30.4 Å². The Morgan fingerprint density at radius 1 is 1.29 bits per heavy atom. The first-order valence-corrected chi connectivity index (χ1v) is 13.4. The Kier molecular flexibility index (Phi) is 6.14. The summed E-state index contributed by atoms with van der Waals surface area (Å²) in [5.74, 6) is 0.914. The number of primary sulfonamides is 1. The van der Waals surface area contributed by atoms with Gasteiger partial charge in [-0.2, -0.15) is 0 Å². The van der Waals surface area contributed by atoms with Crippen molar-refractivity contribution >= 4 is 27.3 Å². The van der Waals surface area contributed by atoms with E-state index in [4.69, 9.17) is 26.2 Å². The number of sulfonamides is 1. The first-order valence-electron chi connectivity index (χ1n) is 11.5. The summed E-state index contributed by atoms with van der Waals surface area (Å²) in [6.07, 6.45) is 3.67. The van der Waals surface area contributed by atoms with Crippen molar-refractivity contribution in [2.75, 3.05) is 31.2 Å². The monoisotopic (exact) mass is 504 g/mol. The Balaban J connectivity index is 1.57. The number of aliphatic hydroxyl groups is 1. The zero-order valence-electron chi connectivity index (χ0n) is 18.8. The Morgan fingerprint density at radius 3 is 2.82 bits per heavy atom. The van der Waals surface area contributed by atoms with Gasteiger partial charge < -0.3 is 19.5 Å². The Labute approximate surface area is 205 Å². The van der Waals surface area contributed by atoms with Crippen molar-refractivity contribution < 1.29 is 23.0 Å². The van der Waals surface area contributed by atoms with Crippen LogP contribution in [0.15, 0.2) is 53.9 Å². The van der Waals surface area contributed by atoms with Gasteiger partial charge in [0.2, 0.25) is 10.0 Å². The highest BCUT2D eigenvalue weighted by Crippen LogP contribution is 2.45. The summed E-state index contributed by atoms with van der Waals surface area (Å²) in [6, 6.07) is 10.5. The van der Waals surface area contributed by atoms with Crippen molar-refractivity contribution in [3.63, 3.8) is 0 Å². The van der Waals surface area contributed by atoms with Crippen LogP contribution in [0.25, 0.3) is 0 Å². The largest absolute Gasteiger partial charge is 0.488 e. The molecule has 3 N–H and O–H groups in total. The molecule has 7 nitrogen and oxygen atoms in total. The molecule has 2 aliphatic heterocycles. The van der Waals surface area contributed by atoms with Gasteiger partial charge in [-0.3, -0.25) is 0 Å². The summed E-state index contributed by atoms with van der Waals surface area (Å²) in [5.41, 5.74) is 2.08. The smallest absolute Gasteiger partial charge is 0.238 e. The highest BCUT2D eigenvalue weighted by molar-refractivity contribution is 7.89. The number of nitrogens with zero attached hydrogens (tertiary/aromatic N) is 1. The lowest BCUT2D eigenvalue weighted by Gasteiger charge is -2.45. The van der Waals surface area contributed by atoms with E-state index in [-0.39, 0.29) is 23.3 Å². The normalized spacial score (nSPS) is 27.1.